The standard InChI is InChI=1S/C22H29N7O/c1-27(19-6-2-4-16-5-3-8-24-21(16)19)12-17-14-29-20(26-17)7-9-25-22(29)28-11-10-23-18(13-28)15-30/h3,5,7-9,14,18-19,23,30H,2,4,6,10-13,15H2,1H3. The van der Waals surface area contributed by atoms with Crippen LogP contribution in [-0.4, -0.2) is 68.7 Å². The van der Waals surface area contributed by atoms with E-state index in [-0.39, 0.29) is 12.6 Å². The Labute approximate surface area is 176 Å². The van der Waals surface area contributed by atoms with E-state index >= 15 is 0 Å². The number of pyridine rings is 1. The first-order valence-electron chi connectivity index (χ1n) is 10.8. The van der Waals surface area contributed by atoms with Crippen LogP contribution in [0.1, 0.15) is 35.8 Å². The summed E-state index contributed by atoms with van der Waals surface area (Å²) in [7, 11) is 2.17. The van der Waals surface area contributed by atoms with Gasteiger partial charge in [0.2, 0.25) is 5.95 Å². The van der Waals surface area contributed by atoms with Crippen LogP contribution < -0.4 is 10.2 Å². The van der Waals surface area contributed by atoms with Gasteiger partial charge in [-0.2, -0.15) is 0 Å². The molecule has 30 heavy (non-hydrogen) atoms. The van der Waals surface area contributed by atoms with E-state index in [1.54, 1.807) is 0 Å². The topological polar surface area (TPSA) is 81.8 Å². The molecule has 2 aliphatic rings. The van der Waals surface area contributed by atoms with Crippen LogP contribution in [0.2, 0.25) is 0 Å². The smallest absolute Gasteiger partial charge is 0.211 e. The van der Waals surface area contributed by atoms with Crippen molar-refractivity contribution in [1.82, 2.24) is 29.6 Å². The summed E-state index contributed by atoms with van der Waals surface area (Å²) in [5.41, 5.74) is 4.53. The normalized spacial score (nSPS) is 21.9. The van der Waals surface area contributed by atoms with Crippen molar-refractivity contribution in [3.8, 4) is 0 Å². The lowest BCUT2D eigenvalue weighted by Gasteiger charge is -2.33. The van der Waals surface area contributed by atoms with E-state index in [4.69, 9.17) is 4.98 Å². The lowest BCUT2D eigenvalue weighted by Crippen LogP contribution is -2.53. The molecule has 5 rings (SSSR count). The van der Waals surface area contributed by atoms with Gasteiger partial charge in [-0.15, -0.1) is 0 Å². The third-order valence-electron chi connectivity index (χ3n) is 6.28. The first kappa shape index (κ1) is 19.4. The number of piperazine rings is 1. The number of rotatable bonds is 5. The number of aliphatic hydroxyl groups is 1. The summed E-state index contributed by atoms with van der Waals surface area (Å²) in [6.45, 7) is 3.33. The molecule has 8 nitrogen and oxygen atoms in total. The molecule has 1 fully saturated rings. The van der Waals surface area contributed by atoms with Gasteiger partial charge in [0.05, 0.1) is 24.0 Å². The quantitative estimate of drug-likeness (QED) is 0.662. The Morgan fingerprint density at radius 2 is 2.20 bits per heavy atom. The average Bonchev–Trinajstić information content (AvgIpc) is 3.21. The number of nitrogens with zero attached hydrogens (tertiary/aromatic N) is 6. The van der Waals surface area contributed by atoms with Crippen molar-refractivity contribution in [2.24, 2.45) is 0 Å². The average molecular weight is 408 g/mol. The first-order chi connectivity index (χ1) is 14.7. The number of hydrogen-bond acceptors (Lipinski definition) is 7. The van der Waals surface area contributed by atoms with E-state index in [9.17, 15) is 5.11 Å². The summed E-state index contributed by atoms with van der Waals surface area (Å²) in [5.74, 6) is 0.888. The predicted octanol–water partition coefficient (Wildman–Crippen LogP) is 1.40. The van der Waals surface area contributed by atoms with Crippen LogP contribution in [0, 0.1) is 0 Å². The van der Waals surface area contributed by atoms with Gasteiger partial charge in [0.15, 0.2) is 0 Å². The Bertz CT molecular complexity index is 1020. The van der Waals surface area contributed by atoms with Gasteiger partial charge in [-0.05, 0) is 44.0 Å². The highest BCUT2D eigenvalue weighted by Gasteiger charge is 2.26. The molecule has 0 bridgehead atoms. The zero-order valence-electron chi connectivity index (χ0n) is 17.4. The zero-order chi connectivity index (χ0) is 20.5. The molecule has 1 aliphatic heterocycles. The van der Waals surface area contributed by atoms with E-state index < -0.39 is 0 Å². The summed E-state index contributed by atoms with van der Waals surface area (Å²) in [5, 5.41) is 12.9. The van der Waals surface area contributed by atoms with E-state index in [1.165, 1.54) is 17.7 Å². The maximum absolute atomic E-state index is 9.53. The Kier molecular flexibility index (Phi) is 5.37. The summed E-state index contributed by atoms with van der Waals surface area (Å²) < 4.78 is 2.08. The number of anilines is 1. The second-order valence-electron chi connectivity index (χ2n) is 8.36. The highest BCUT2D eigenvalue weighted by atomic mass is 16.3. The van der Waals surface area contributed by atoms with Gasteiger partial charge in [0.25, 0.3) is 0 Å². The second kappa shape index (κ2) is 8.29. The Balaban J connectivity index is 1.39. The summed E-state index contributed by atoms with van der Waals surface area (Å²) in [6.07, 6.45) is 9.28. The number of nitrogens with one attached hydrogen (secondary N) is 1. The van der Waals surface area contributed by atoms with Crippen molar-refractivity contribution in [2.45, 2.75) is 37.9 Å². The molecule has 1 aliphatic carbocycles. The fraction of sp³-hybridized carbons (Fsp3) is 0.500. The third-order valence-corrected chi connectivity index (χ3v) is 6.28. The van der Waals surface area contributed by atoms with Crippen LogP contribution >= 0.6 is 0 Å². The van der Waals surface area contributed by atoms with Gasteiger partial charge in [-0.3, -0.25) is 14.3 Å². The maximum atomic E-state index is 9.53. The third kappa shape index (κ3) is 3.66. The zero-order valence-corrected chi connectivity index (χ0v) is 17.4. The molecule has 0 aromatic carbocycles. The number of imidazole rings is 1. The molecule has 8 heteroatoms. The van der Waals surface area contributed by atoms with E-state index in [1.807, 2.05) is 24.5 Å². The van der Waals surface area contributed by atoms with Gasteiger partial charge in [0.1, 0.15) is 5.65 Å². The highest BCUT2D eigenvalue weighted by molar-refractivity contribution is 5.48. The molecule has 1 saturated heterocycles. The Hall–Kier alpha value is -2.55. The van der Waals surface area contributed by atoms with Gasteiger partial charge in [-0.1, -0.05) is 6.07 Å². The molecule has 0 spiro atoms. The van der Waals surface area contributed by atoms with Crippen LogP contribution in [-0.2, 0) is 13.0 Å². The summed E-state index contributed by atoms with van der Waals surface area (Å²) in [6, 6.07) is 6.60. The molecular weight excluding hydrogens is 378 g/mol. The number of fused-ring (bicyclic) bond motifs is 2. The minimum absolute atomic E-state index is 0.0730. The van der Waals surface area contributed by atoms with Crippen LogP contribution in [0.5, 0.6) is 0 Å². The number of aryl methyl sites for hydroxylation is 1. The molecule has 3 aromatic rings. The Morgan fingerprint density at radius 1 is 1.27 bits per heavy atom. The highest BCUT2D eigenvalue weighted by Crippen LogP contribution is 2.32. The predicted molar refractivity (Wildman–Crippen MR) is 115 cm³/mol. The van der Waals surface area contributed by atoms with Gasteiger partial charge in [-0.25, -0.2) is 9.97 Å². The van der Waals surface area contributed by atoms with Crippen molar-refractivity contribution in [3.63, 3.8) is 0 Å². The fourth-order valence-electron chi connectivity index (χ4n) is 4.77. The van der Waals surface area contributed by atoms with Crippen molar-refractivity contribution in [3.05, 3.63) is 53.7 Å². The summed E-state index contributed by atoms with van der Waals surface area (Å²) in [4.78, 5) is 18.8. The lowest BCUT2D eigenvalue weighted by molar-refractivity contribution is 0.206. The first-order valence-corrected chi connectivity index (χ1v) is 10.8. The molecule has 0 amide bonds. The number of hydrogen-bond donors (Lipinski definition) is 2. The minimum atomic E-state index is 0.0730. The maximum Gasteiger partial charge on any atom is 0.211 e. The second-order valence-corrected chi connectivity index (χ2v) is 8.36. The van der Waals surface area contributed by atoms with Crippen LogP contribution in [0.25, 0.3) is 5.65 Å². The molecule has 0 saturated carbocycles. The van der Waals surface area contributed by atoms with Crippen LogP contribution in [0.15, 0.2) is 36.8 Å². The molecule has 2 unspecified atom stereocenters. The largest absolute Gasteiger partial charge is 0.395 e. The summed E-state index contributed by atoms with van der Waals surface area (Å²) >= 11 is 0. The molecule has 0 radical (unpaired) electrons. The molecular formula is C22H29N7O. The van der Waals surface area contributed by atoms with Crippen LogP contribution in [0.4, 0.5) is 5.95 Å². The molecule has 2 N–H and O–H groups in total. The number of aromatic nitrogens is 4. The Morgan fingerprint density at radius 3 is 3.10 bits per heavy atom. The van der Waals surface area contributed by atoms with Crippen molar-refractivity contribution in [1.29, 1.82) is 0 Å². The molecule has 2 atom stereocenters. The fourth-order valence-corrected chi connectivity index (χ4v) is 4.77. The van der Waals surface area contributed by atoms with Gasteiger partial charge < -0.3 is 15.3 Å². The van der Waals surface area contributed by atoms with Crippen molar-refractivity contribution < 1.29 is 5.11 Å². The SMILES string of the molecule is CN(Cc1cn2c(N3CCNC(CO)C3)nccc2n1)C1CCCc2cccnc21. The van der Waals surface area contributed by atoms with E-state index in [0.717, 1.165) is 56.3 Å². The van der Waals surface area contributed by atoms with Gasteiger partial charge >= 0.3 is 0 Å². The van der Waals surface area contributed by atoms with Gasteiger partial charge in [0, 0.05) is 50.8 Å². The monoisotopic (exact) mass is 407 g/mol. The number of aliphatic hydroxyl groups excluding tert-OH is 1. The molecule has 158 valence electrons. The lowest BCUT2D eigenvalue weighted by atomic mass is 9.91. The molecule has 4 heterocycles. The van der Waals surface area contributed by atoms with Crippen molar-refractivity contribution >= 4 is 11.6 Å². The van der Waals surface area contributed by atoms with E-state index in [2.05, 4.69) is 48.8 Å². The van der Waals surface area contributed by atoms with Crippen molar-refractivity contribution in [2.75, 3.05) is 38.2 Å². The molecule has 3 aromatic heterocycles. The van der Waals surface area contributed by atoms with Crippen LogP contribution in [0.3, 0.4) is 0 Å². The minimum Gasteiger partial charge on any atom is -0.395 e. The van der Waals surface area contributed by atoms with E-state index in [0.29, 0.717) is 6.04 Å².